The van der Waals surface area contributed by atoms with Gasteiger partial charge in [0.25, 0.3) is 0 Å². The Morgan fingerprint density at radius 3 is 2.68 bits per heavy atom. The summed E-state index contributed by atoms with van der Waals surface area (Å²) < 4.78 is 0. The van der Waals surface area contributed by atoms with Crippen molar-refractivity contribution in [2.45, 2.75) is 13.8 Å². The molecule has 1 aromatic heterocycles. The number of benzene rings is 1. The molecule has 0 aliphatic heterocycles. The van der Waals surface area contributed by atoms with Gasteiger partial charge in [-0.2, -0.15) is 0 Å². The highest BCUT2D eigenvalue weighted by molar-refractivity contribution is 7.16. The fraction of sp³-hybridized carbons (Fsp3) is 0.167. The smallest absolute Gasteiger partial charge is 0.335 e. The van der Waals surface area contributed by atoms with Gasteiger partial charge in [-0.25, -0.2) is 9.59 Å². The van der Waals surface area contributed by atoms with Gasteiger partial charge in [0.15, 0.2) is 0 Å². The van der Waals surface area contributed by atoms with E-state index in [9.17, 15) is 14.4 Å². The molecule has 2 N–H and O–H groups in total. The summed E-state index contributed by atoms with van der Waals surface area (Å²) in [6.45, 7) is 3.75. The van der Waals surface area contributed by atoms with Crippen LogP contribution in [0.1, 0.15) is 29.1 Å². The van der Waals surface area contributed by atoms with E-state index in [1.54, 1.807) is 38.1 Å². The number of carbonyl (C=O) groups excluding carboxylic acids is 2. The molecule has 0 saturated carbocycles. The van der Waals surface area contributed by atoms with E-state index in [1.807, 2.05) is 18.2 Å². The zero-order valence-corrected chi connectivity index (χ0v) is 14.7. The van der Waals surface area contributed by atoms with Gasteiger partial charge >= 0.3 is 12.0 Å². The van der Waals surface area contributed by atoms with Gasteiger partial charge in [-0.15, -0.1) is 11.3 Å². The number of allylic oxidation sites excluding steroid dienone is 1. The van der Waals surface area contributed by atoms with Gasteiger partial charge < -0.3 is 10.4 Å². The largest absolute Gasteiger partial charge is 0.478 e. The fourth-order valence-electron chi connectivity index (χ4n) is 2.15. The first-order chi connectivity index (χ1) is 11.9. The maximum absolute atomic E-state index is 11.8. The summed E-state index contributed by atoms with van der Waals surface area (Å²) in [5.41, 5.74) is 1.67. The van der Waals surface area contributed by atoms with Crippen LogP contribution in [0.2, 0.25) is 0 Å². The fourth-order valence-corrected chi connectivity index (χ4v) is 3.15. The van der Waals surface area contributed by atoms with E-state index in [0.29, 0.717) is 18.7 Å². The first-order valence-electron chi connectivity index (χ1n) is 7.59. The Hall–Kier alpha value is -2.93. The molecule has 0 fully saturated rings. The Kier molecular flexibility index (Phi) is 6.08. The monoisotopic (exact) mass is 358 g/mol. The molecule has 2 aromatic rings. The molecule has 0 radical (unpaired) electrons. The third-order valence-electron chi connectivity index (χ3n) is 3.41. The van der Waals surface area contributed by atoms with E-state index in [-0.39, 0.29) is 5.56 Å². The summed E-state index contributed by atoms with van der Waals surface area (Å²) in [5, 5.41) is 11.7. The number of urea groups is 1. The summed E-state index contributed by atoms with van der Waals surface area (Å²) in [4.78, 5) is 36.5. The predicted octanol–water partition coefficient (Wildman–Crippen LogP) is 3.66. The van der Waals surface area contributed by atoms with E-state index in [1.165, 1.54) is 11.3 Å². The molecule has 7 heteroatoms. The molecule has 1 aromatic carbocycles. The lowest BCUT2D eigenvalue weighted by Crippen LogP contribution is -2.37. The number of carboxylic acid groups (broad SMARTS) is 1. The average molecular weight is 358 g/mol. The molecule has 6 nitrogen and oxygen atoms in total. The number of aromatic carboxylic acids is 1. The van der Waals surface area contributed by atoms with Gasteiger partial charge in [-0.3, -0.25) is 9.69 Å². The van der Waals surface area contributed by atoms with Gasteiger partial charge in [0.2, 0.25) is 6.41 Å². The highest BCUT2D eigenvalue weighted by Gasteiger charge is 2.10. The molecule has 130 valence electrons. The maximum Gasteiger partial charge on any atom is 0.335 e. The topological polar surface area (TPSA) is 86.7 Å². The number of nitrogens with zero attached hydrogens (tertiary/aromatic N) is 1. The van der Waals surface area contributed by atoms with Crippen LogP contribution < -0.4 is 5.32 Å². The molecule has 0 aliphatic carbocycles. The Balaban J connectivity index is 2.15. The minimum absolute atomic E-state index is 0.236. The van der Waals surface area contributed by atoms with E-state index < -0.39 is 12.0 Å². The molecule has 1 heterocycles. The van der Waals surface area contributed by atoms with Crippen molar-refractivity contribution in [3.8, 4) is 10.4 Å². The number of amides is 3. The van der Waals surface area contributed by atoms with E-state index in [4.69, 9.17) is 5.11 Å². The predicted molar refractivity (Wildman–Crippen MR) is 97.3 cm³/mol. The van der Waals surface area contributed by atoms with Crippen molar-refractivity contribution < 1.29 is 19.5 Å². The van der Waals surface area contributed by atoms with Crippen LogP contribution in [0.15, 0.2) is 42.1 Å². The van der Waals surface area contributed by atoms with Gasteiger partial charge in [-0.1, -0.05) is 12.1 Å². The normalized spacial score (nSPS) is 11.0. The second-order valence-electron chi connectivity index (χ2n) is 5.24. The molecular weight excluding hydrogens is 340 g/mol. The standard InChI is InChI=1S/C18H18N2O4S/c1-3-20(11-21)18(24)19-12(2)9-15-7-8-16(25-15)13-5-4-6-14(10-13)17(22)23/h4-11H,3H2,1-2H3,(H,19,24)(H,22,23)/b12-9-. The zero-order chi connectivity index (χ0) is 18.4. The van der Waals surface area contributed by atoms with Crippen LogP contribution in [0.5, 0.6) is 0 Å². The Morgan fingerprint density at radius 2 is 2.04 bits per heavy atom. The summed E-state index contributed by atoms with van der Waals surface area (Å²) in [5.74, 6) is -0.965. The third-order valence-corrected chi connectivity index (χ3v) is 4.49. The van der Waals surface area contributed by atoms with Gasteiger partial charge in [0.1, 0.15) is 0 Å². The summed E-state index contributed by atoms with van der Waals surface area (Å²) in [7, 11) is 0. The van der Waals surface area contributed by atoms with E-state index >= 15 is 0 Å². The molecule has 0 spiro atoms. The number of thiophene rings is 1. The van der Waals surface area contributed by atoms with Crippen molar-refractivity contribution in [1.82, 2.24) is 10.2 Å². The van der Waals surface area contributed by atoms with Gasteiger partial charge in [0, 0.05) is 22.0 Å². The van der Waals surface area contributed by atoms with Crippen LogP contribution in [-0.4, -0.2) is 35.0 Å². The second-order valence-corrected chi connectivity index (χ2v) is 6.35. The Bertz CT molecular complexity index is 826. The number of carboxylic acids is 1. The zero-order valence-electron chi connectivity index (χ0n) is 13.9. The highest BCUT2D eigenvalue weighted by atomic mass is 32.1. The minimum Gasteiger partial charge on any atom is -0.478 e. The van der Waals surface area contributed by atoms with E-state index in [2.05, 4.69) is 5.32 Å². The Labute approximate surface area is 149 Å². The number of carbonyl (C=O) groups is 3. The molecule has 3 amide bonds. The van der Waals surface area contributed by atoms with Crippen LogP contribution >= 0.6 is 11.3 Å². The molecule has 25 heavy (non-hydrogen) atoms. The van der Waals surface area contributed by atoms with E-state index in [0.717, 1.165) is 20.2 Å². The molecule has 0 unspecified atom stereocenters. The van der Waals surface area contributed by atoms with Gasteiger partial charge in [-0.05, 0) is 49.8 Å². The highest BCUT2D eigenvalue weighted by Crippen LogP contribution is 2.29. The van der Waals surface area contributed by atoms with Crippen molar-refractivity contribution in [3.63, 3.8) is 0 Å². The van der Waals surface area contributed by atoms with Crippen molar-refractivity contribution in [2.24, 2.45) is 0 Å². The van der Waals surface area contributed by atoms with Gasteiger partial charge in [0.05, 0.1) is 5.56 Å². The molecule has 0 aliphatic rings. The number of hydrogen-bond donors (Lipinski definition) is 2. The molecular formula is C18H18N2O4S. The number of nitrogens with one attached hydrogen (secondary N) is 1. The first-order valence-corrected chi connectivity index (χ1v) is 8.41. The van der Waals surface area contributed by atoms with Crippen molar-refractivity contribution in [2.75, 3.05) is 6.54 Å². The van der Waals surface area contributed by atoms with Crippen LogP contribution in [0.4, 0.5) is 4.79 Å². The lowest BCUT2D eigenvalue weighted by atomic mass is 10.1. The average Bonchev–Trinajstić information content (AvgIpc) is 3.04. The maximum atomic E-state index is 11.8. The van der Waals surface area contributed by atoms with Crippen LogP contribution in [0.3, 0.4) is 0 Å². The third kappa shape index (κ3) is 4.77. The summed E-state index contributed by atoms with van der Waals surface area (Å²) in [6, 6.07) is 10.0. The second kappa shape index (κ2) is 8.25. The minimum atomic E-state index is -0.965. The van der Waals surface area contributed by atoms with Crippen molar-refractivity contribution >= 4 is 35.8 Å². The molecule has 2 rings (SSSR count). The van der Waals surface area contributed by atoms with Crippen LogP contribution in [0, 0.1) is 0 Å². The lowest BCUT2D eigenvalue weighted by Gasteiger charge is -2.13. The Morgan fingerprint density at radius 1 is 1.28 bits per heavy atom. The lowest BCUT2D eigenvalue weighted by molar-refractivity contribution is -0.115. The number of rotatable bonds is 6. The SMILES string of the molecule is CCN(C=O)C(=O)N/C(C)=C\c1ccc(-c2cccc(C(=O)O)c2)s1. The van der Waals surface area contributed by atoms with Crippen LogP contribution in [-0.2, 0) is 4.79 Å². The number of hydrogen-bond acceptors (Lipinski definition) is 4. The summed E-state index contributed by atoms with van der Waals surface area (Å²) >= 11 is 1.48. The van der Waals surface area contributed by atoms with Crippen LogP contribution in [0.25, 0.3) is 16.5 Å². The molecule has 0 saturated heterocycles. The summed E-state index contributed by atoms with van der Waals surface area (Å²) in [6.07, 6.45) is 2.28. The first kappa shape index (κ1) is 18.4. The molecule has 0 atom stereocenters. The van der Waals surface area contributed by atoms with Crippen molar-refractivity contribution in [3.05, 3.63) is 52.5 Å². The van der Waals surface area contributed by atoms with Crippen molar-refractivity contribution in [1.29, 1.82) is 0 Å². The quantitative estimate of drug-likeness (QED) is 0.772. The molecule has 0 bridgehead atoms. The number of imide groups is 1.